The Bertz CT molecular complexity index is 629. The number of hydrogen-bond donors (Lipinski definition) is 2. The summed E-state index contributed by atoms with van der Waals surface area (Å²) in [4.78, 5) is 26.9. The molecule has 0 unspecified atom stereocenters. The van der Waals surface area contributed by atoms with E-state index < -0.39 is 0 Å². The molecule has 0 spiro atoms. The van der Waals surface area contributed by atoms with Gasteiger partial charge in [0, 0.05) is 32.1 Å². The SMILES string of the molecule is C=CCNC(=O)[C@H]1C[C@H](c2cccc(C)c2)CN(C(=O)NCCCC)C1. The van der Waals surface area contributed by atoms with E-state index in [1.54, 1.807) is 11.0 Å². The maximum absolute atomic E-state index is 12.6. The lowest BCUT2D eigenvalue weighted by Crippen LogP contribution is -2.51. The highest BCUT2D eigenvalue weighted by Gasteiger charge is 2.34. The average molecular weight is 357 g/mol. The van der Waals surface area contributed by atoms with E-state index in [-0.39, 0.29) is 23.8 Å². The number of benzene rings is 1. The highest BCUT2D eigenvalue weighted by atomic mass is 16.2. The molecule has 0 saturated carbocycles. The molecule has 142 valence electrons. The number of nitrogens with one attached hydrogen (secondary N) is 2. The van der Waals surface area contributed by atoms with E-state index in [4.69, 9.17) is 0 Å². The molecule has 0 aromatic heterocycles. The molecule has 5 heteroatoms. The third kappa shape index (κ3) is 5.61. The Hall–Kier alpha value is -2.30. The Morgan fingerprint density at radius 2 is 2.12 bits per heavy atom. The summed E-state index contributed by atoms with van der Waals surface area (Å²) in [6.45, 7) is 10.0. The van der Waals surface area contributed by atoms with Crippen LogP contribution in [-0.2, 0) is 4.79 Å². The second-order valence-corrected chi connectivity index (χ2v) is 7.07. The molecule has 1 aliphatic rings. The Balaban J connectivity index is 2.13. The Kier molecular flexibility index (Phi) is 7.70. The molecule has 2 atom stereocenters. The highest BCUT2D eigenvalue weighted by molar-refractivity contribution is 5.81. The molecular formula is C21H31N3O2. The van der Waals surface area contributed by atoms with Gasteiger partial charge in [-0.1, -0.05) is 49.2 Å². The van der Waals surface area contributed by atoms with Gasteiger partial charge in [0.05, 0.1) is 5.92 Å². The monoisotopic (exact) mass is 357 g/mol. The molecule has 1 fully saturated rings. The van der Waals surface area contributed by atoms with Crippen molar-refractivity contribution >= 4 is 11.9 Å². The van der Waals surface area contributed by atoms with Crippen LogP contribution < -0.4 is 10.6 Å². The standard InChI is InChI=1S/C21H31N3O2/c1-4-6-11-23-21(26)24-14-18(17-9-7-8-16(3)12-17)13-19(15-24)20(25)22-10-5-2/h5,7-9,12,18-19H,2,4,6,10-11,13-15H2,1,3H3,(H,22,25)(H,23,26)/t18-,19-/m0/s1. The van der Waals surface area contributed by atoms with E-state index in [9.17, 15) is 9.59 Å². The second kappa shape index (κ2) is 10.00. The quantitative estimate of drug-likeness (QED) is 0.581. The summed E-state index contributed by atoms with van der Waals surface area (Å²) in [5, 5.41) is 5.86. The van der Waals surface area contributed by atoms with Crippen molar-refractivity contribution in [2.75, 3.05) is 26.2 Å². The molecular weight excluding hydrogens is 326 g/mol. The Morgan fingerprint density at radius 3 is 2.81 bits per heavy atom. The van der Waals surface area contributed by atoms with E-state index >= 15 is 0 Å². The molecule has 3 amide bonds. The van der Waals surface area contributed by atoms with Crippen LogP contribution in [0.4, 0.5) is 4.79 Å². The van der Waals surface area contributed by atoms with Gasteiger partial charge in [-0.15, -0.1) is 6.58 Å². The van der Waals surface area contributed by atoms with E-state index in [1.807, 2.05) is 6.07 Å². The fraction of sp³-hybridized carbons (Fsp3) is 0.524. The number of urea groups is 1. The summed E-state index contributed by atoms with van der Waals surface area (Å²) in [6.07, 6.45) is 4.43. The Labute approximate surface area is 156 Å². The lowest BCUT2D eigenvalue weighted by atomic mass is 9.83. The fourth-order valence-corrected chi connectivity index (χ4v) is 3.42. The minimum Gasteiger partial charge on any atom is -0.352 e. The molecule has 1 aliphatic heterocycles. The van der Waals surface area contributed by atoms with Gasteiger partial charge in [0.2, 0.25) is 5.91 Å². The first-order valence-corrected chi connectivity index (χ1v) is 9.53. The van der Waals surface area contributed by atoms with Crippen LogP contribution in [0.3, 0.4) is 0 Å². The van der Waals surface area contributed by atoms with Gasteiger partial charge < -0.3 is 15.5 Å². The number of unbranched alkanes of at least 4 members (excludes halogenated alkanes) is 1. The summed E-state index contributed by atoms with van der Waals surface area (Å²) >= 11 is 0. The minimum atomic E-state index is -0.203. The lowest BCUT2D eigenvalue weighted by molar-refractivity contribution is -0.126. The van der Waals surface area contributed by atoms with Crippen molar-refractivity contribution in [3.8, 4) is 0 Å². The number of amides is 3. The molecule has 0 bridgehead atoms. The minimum absolute atomic E-state index is 0.00592. The first kappa shape index (κ1) is 20.0. The van der Waals surface area contributed by atoms with Crippen LogP contribution in [-0.4, -0.2) is 43.0 Å². The van der Waals surface area contributed by atoms with Gasteiger partial charge in [0.25, 0.3) is 0 Å². The summed E-state index contributed by atoms with van der Waals surface area (Å²) in [5.74, 6) is -0.0418. The summed E-state index contributed by atoms with van der Waals surface area (Å²) in [6, 6.07) is 8.28. The third-order valence-corrected chi connectivity index (χ3v) is 4.85. The second-order valence-electron chi connectivity index (χ2n) is 7.07. The van der Waals surface area contributed by atoms with Crippen molar-refractivity contribution in [3.05, 3.63) is 48.0 Å². The van der Waals surface area contributed by atoms with Gasteiger partial charge in [-0.3, -0.25) is 4.79 Å². The van der Waals surface area contributed by atoms with Crippen molar-refractivity contribution < 1.29 is 9.59 Å². The molecule has 26 heavy (non-hydrogen) atoms. The number of rotatable bonds is 7. The van der Waals surface area contributed by atoms with Gasteiger partial charge in [-0.05, 0) is 25.3 Å². The average Bonchev–Trinajstić information content (AvgIpc) is 2.65. The van der Waals surface area contributed by atoms with Gasteiger partial charge in [-0.2, -0.15) is 0 Å². The largest absolute Gasteiger partial charge is 0.352 e. The normalized spacial score (nSPS) is 19.7. The van der Waals surface area contributed by atoms with Crippen LogP contribution >= 0.6 is 0 Å². The van der Waals surface area contributed by atoms with Gasteiger partial charge in [0.15, 0.2) is 0 Å². The van der Waals surface area contributed by atoms with Crippen LogP contribution in [0.25, 0.3) is 0 Å². The summed E-state index contributed by atoms with van der Waals surface area (Å²) < 4.78 is 0. The molecule has 0 radical (unpaired) electrons. The molecule has 1 aromatic rings. The molecule has 0 aliphatic carbocycles. The van der Waals surface area contributed by atoms with Gasteiger partial charge in [0.1, 0.15) is 0 Å². The number of hydrogen-bond acceptors (Lipinski definition) is 2. The zero-order valence-electron chi connectivity index (χ0n) is 16.0. The van der Waals surface area contributed by atoms with Crippen molar-refractivity contribution in [1.82, 2.24) is 15.5 Å². The van der Waals surface area contributed by atoms with Crippen LogP contribution in [0.15, 0.2) is 36.9 Å². The molecule has 2 N–H and O–H groups in total. The number of aryl methyl sites for hydroxylation is 1. The van der Waals surface area contributed by atoms with Gasteiger partial charge in [-0.25, -0.2) is 4.79 Å². The first-order chi connectivity index (χ1) is 12.5. The maximum atomic E-state index is 12.6. The van der Waals surface area contributed by atoms with Crippen molar-refractivity contribution in [1.29, 1.82) is 0 Å². The van der Waals surface area contributed by atoms with Crippen molar-refractivity contribution in [3.63, 3.8) is 0 Å². The maximum Gasteiger partial charge on any atom is 0.317 e. The number of carbonyl (C=O) groups excluding carboxylic acids is 2. The van der Waals surface area contributed by atoms with Crippen molar-refractivity contribution in [2.24, 2.45) is 5.92 Å². The number of piperidine rings is 1. The first-order valence-electron chi connectivity index (χ1n) is 9.53. The predicted molar refractivity (Wildman–Crippen MR) is 105 cm³/mol. The number of carbonyl (C=O) groups is 2. The zero-order valence-corrected chi connectivity index (χ0v) is 16.0. The Morgan fingerprint density at radius 1 is 1.31 bits per heavy atom. The molecule has 2 rings (SSSR count). The lowest BCUT2D eigenvalue weighted by Gasteiger charge is -2.37. The summed E-state index contributed by atoms with van der Waals surface area (Å²) in [5.41, 5.74) is 2.39. The van der Waals surface area contributed by atoms with E-state index in [2.05, 4.69) is 49.3 Å². The van der Waals surface area contributed by atoms with Crippen LogP contribution in [0.5, 0.6) is 0 Å². The van der Waals surface area contributed by atoms with E-state index in [0.29, 0.717) is 26.2 Å². The van der Waals surface area contributed by atoms with Gasteiger partial charge >= 0.3 is 6.03 Å². The summed E-state index contributed by atoms with van der Waals surface area (Å²) in [7, 11) is 0. The zero-order chi connectivity index (χ0) is 18.9. The molecule has 1 saturated heterocycles. The molecule has 1 heterocycles. The number of nitrogens with zero attached hydrogens (tertiary/aromatic N) is 1. The van der Waals surface area contributed by atoms with Crippen molar-refractivity contribution in [2.45, 2.75) is 39.0 Å². The number of likely N-dealkylation sites (tertiary alicyclic amines) is 1. The van der Waals surface area contributed by atoms with E-state index in [1.165, 1.54) is 11.1 Å². The van der Waals surface area contributed by atoms with Crippen LogP contribution in [0.2, 0.25) is 0 Å². The van der Waals surface area contributed by atoms with E-state index in [0.717, 1.165) is 19.3 Å². The topological polar surface area (TPSA) is 61.4 Å². The smallest absolute Gasteiger partial charge is 0.317 e. The van der Waals surface area contributed by atoms with Crippen LogP contribution in [0.1, 0.15) is 43.2 Å². The third-order valence-electron chi connectivity index (χ3n) is 4.85. The van der Waals surface area contributed by atoms with Crippen LogP contribution in [0, 0.1) is 12.8 Å². The molecule has 1 aromatic carbocycles. The predicted octanol–water partition coefficient (Wildman–Crippen LogP) is 3.21. The fourth-order valence-electron chi connectivity index (χ4n) is 3.42. The molecule has 5 nitrogen and oxygen atoms in total. The highest BCUT2D eigenvalue weighted by Crippen LogP contribution is 2.31.